The van der Waals surface area contributed by atoms with Crippen molar-refractivity contribution in [2.24, 2.45) is 5.92 Å². The minimum atomic E-state index is -3.62. The smallest absolute Gasteiger partial charge is 0.267 e. The van der Waals surface area contributed by atoms with Gasteiger partial charge < -0.3 is 0 Å². The largest absolute Gasteiger partial charge is 0.278 e. The van der Waals surface area contributed by atoms with E-state index in [1.807, 2.05) is 19.9 Å². The summed E-state index contributed by atoms with van der Waals surface area (Å²) < 4.78 is 26.1. The van der Waals surface area contributed by atoms with Crippen LogP contribution < -0.4 is 5.56 Å². The minimum absolute atomic E-state index is 0.0855. The molecule has 0 aliphatic rings. The van der Waals surface area contributed by atoms with Crippen LogP contribution in [0.1, 0.15) is 25.0 Å². The lowest BCUT2D eigenvalue weighted by molar-refractivity contribution is 0.591. The zero-order valence-corrected chi connectivity index (χ0v) is 15.0. The molecule has 0 aliphatic heterocycles. The van der Waals surface area contributed by atoms with E-state index in [1.54, 1.807) is 24.3 Å². The molecule has 0 amide bonds. The maximum absolute atomic E-state index is 12.5. The first-order valence-electron chi connectivity index (χ1n) is 7.51. The Morgan fingerprint density at radius 3 is 2.58 bits per heavy atom. The topological polar surface area (TPSA) is 81.4 Å². The van der Waals surface area contributed by atoms with E-state index >= 15 is 0 Å². The van der Waals surface area contributed by atoms with Crippen LogP contribution >= 0.6 is 11.3 Å². The summed E-state index contributed by atoms with van der Waals surface area (Å²) in [6, 6.07) is 8.89. The normalized spacial score (nSPS) is 12.1. The fourth-order valence-electron chi connectivity index (χ4n) is 2.36. The van der Waals surface area contributed by atoms with Gasteiger partial charge in [0.2, 0.25) is 19.1 Å². The quantitative estimate of drug-likeness (QED) is 0.695. The molecule has 0 unspecified atom stereocenters. The third-order valence-electron chi connectivity index (χ3n) is 3.43. The van der Waals surface area contributed by atoms with Crippen LogP contribution in [0.5, 0.6) is 0 Å². The number of fused-ring (bicyclic) bond motifs is 1. The molecule has 0 saturated heterocycles. The Morgan fingerprint density at radius 2 is 1.92 bits per heavy atom. The molecule has 0 spiro atoms. The van der Waals surface area contributed by atoms with E-state index in [4.69, 9.17) is 0 Å². The van der Waals surface area contributed by atoms with E-state index in [1.165, 1.54) is 6.20 Å². The van der Waals surface area contributed by atoms with Gasteiger partial charge in [-0.15, -0.1) is 5.10 Å². The van der Waals surface area contributed by atoms with Crippen molar-refractivity contribution in [2.75, 3.05) is 0 Å². The summed E-state index contributed by atoms with van der Waals surface area (Å²) in [6.45, 7) is 4.01. The van der Waals surface area contributed by atoms with Crippen LogP contribution in [0.25, 0.3) is 4.96 Å². The van der Waals surface area contributed by atoms with E-state index in [2.05, 4.69) is 10.1 Å². The molecule has 2 heterocycles. The highest BCUT2D eigenvalue weighted by Gasteiger charge is 2.22. The van der Waals surface area contributed by atoms with Crippen LogP contribution in [0.3, 0.4) is 0 Å². The van der Waals surface area contributed by atoms with Gasteiger partial charge >= 0.3 is 0 Å². The lowest BCUT2D eigenvalue weighted by atomic mass is 10.1. The van der Waals surface area contributed by atoms with Crippen LogP contribution in [0, 0.1) is 5.92 Å². The van der Waals surface area contributed by atoms with Crippen molar-refractivity contribution in [2.45, 2.75) is 30.4 Å². The molecule has 0 atom stereocenters. The third-order valence-corrected chi connectivity index (χ3v) is 6.49. The van der Waals surface area contributed by atoms with Crippen molar-refractivity contribution < 1.29 is 8.42 Å². The van der Waals surface area contributed by atoms with E-state index in [0.29, 0.717) is 28.4 Å². The Balaban J connectivity index is 2.01. The van der Waals surface area contributed by atoms with Crippen molar-refractivity contribution >= 4 is 26.1 Å². The highest BCUT2D eigenvalue weighted by Crippen LogP contribution is 2.21. The summed E-state index contributed by atoms with van der Waals surface area (Å²) >= 11 is 0.918. The molecule has 6 nitrogen and oxygen atoms in total. The van der Waals surface area contributed by atoms with Gasteiger partial charge in [0.05, 0.1) is 5.75 Å². The second-order valence-electron chi connectivity index (χ2n) is 5.99. The van der Waals surface area contributed by atoms with Crippen molar-refractivity contribution in [1.82, 2.24) is 14.6 Å². The Kier molecular flexibility index (Phi) is 4.51. The average Bonchev–Trinajstić information content (AvgIpc) is 2.96. The van der Waals surface area contributed by atoms with Gasteiger partial charge in [-0.1, -0.05) is 55.5 Å². The standard InChI is InChI=1S/C16H17N3O3S2/c1-11(2)8-13-9-17-15-19(14(13)20)18-16(23-15)24(21,22)10-12-6-4-3-5-7-12/h3-7,9,11H,8,10H2,1-2H3. The first-order valence-corrected chi connectivity index (χ1v) is 9.98. The molecule has 0 N–H and O–H groups in total. The van der Waals surface area contributed by atoms with Crippen molar-refractivity contribution in [3.8, 4) is 0 Å². The predicted octanol–water partition coefficient (Wildman–Crippen LogP) is 2.32. The third kappa shape index (κ3) is 3.39. The maximum atomic E-state index is 12.5. The summed E-state index contributed by atoms with van der Waals surface area (Å²) in [4.78, 5) is 16.9. The second-order valence-corrected chi connectivity index (χ2v) is 9.11. The number of benzene rings is 1. The molecule has 0 aliphatic carbocycles. The molecular formula is C16H17N3O3S2. The van der Waals surface area contributed by atoms with Gasteiger partial charge in [-0.25, -0.2) is 13.4 Å². The van der Waals surface area contributed by atoms with Crippen LogP contribution in [-0.4, -0.2) is 23.0 Å². The van der Waals surface area contributed by atoms with Crippen molar-refractivity contribution in [3.05, 3.63) is 58.0 Å². The molecule has 3 rings (SSSR count). The fourth-order valence-corrected chi connectivity index (χ4v) is 4.83. The Morgan fingerprint density at radius 1 is 1.21 bits per heavy atom. The predicted molar refractivity (Wildman–Crippen MR) is 93.0 cm³/mol. The molecule has 1 aromatic carbocycles. The minimum Gasteiger partial charge on any atom is -0.267 e. The average molecular weight is 363 g/mol. The number of rotatable bonds is 5. The molecule has 0 fully saturated rings. The van der Waals surface area contributed by atoms with E-state index in [0.717, 1.165) is 15.9 Å². The Labute approximate surface area is 143 Å². The second kappa shape index (κ2) is 6.45. The Bertz CT molecular complexity index is 1020. The van der Waals surface area contributed by atoms with Gasteiger partial charge in [0.25, 0.3) is 5.56 Å². The van der Waals surface area contributed by atoms with Crippen LogP contribution in [0.15, 0.2) is 45.7 Å². The molecular weight excluding hydrogens is 346 g/mol. The van der Waals surface area contributed by atoms with Gasteiger partial charge in [0, 0.05) is 11.8 Å². The number of nitrogens with zero attached hydrogens (tertiary/aromatic N) is 3. The first kappa shape index (κ1) is 16.8. The molecule has 3 aromatic rings. The molecule has 0 radical (unpaired) electrons. The van der Waals surface area contributed by atoms with Gasteiger partial charge in [0.15, 0.2) is 0 Å². The van der Waals surface area contributed by atoms with Gasteiger partial charge in [-0.3, -0.25) is 4.79 Å². The van der Waals surface area contributed by atoms with E-state index in [-0.39, 0.29) is 15.7 Å². The van der Waals surface area contributed by atoms with Crippen LogP contribution in [0.2, 0.25) is 0 Å². The molecule has 8 heteroatoms. The zero-order chi connectivity index (χ0) is 17.3. The van der Waals surface area contributed by atoms with Gasteiger partial charge in [-0.2, -0.15) is 4.52 Å². The number of hydrogen-bond acceptors (Lipinski definition) is 6. The lowest BCUT2D eigenvalue weighted by Gasteiger charge is -2.02. The lowest BCUT2D eigenvalue weighted by Crippen LogP contribution is -2.21. The first-order chi connectivity index (χ1) is 11.4. The van der Waals surface area contributed by atoms with Crippen LogP contribution in [0.4, 0.5) is 0 Å². The number of hydrogen-bond donors (Lipinski definition) is 0. The van der Waals surface area contributed by atoms with Crippen molar-refractivity contribution in [3.63, 3.8) is 0 Å². The Hall–Kier alpha value is -2.06. The highest BCUT2D eigenvalue weighted by molar-refractivity contribution is 7.92. The van der Waals surface area contributed by atoms with E-state index < -0.39 is 9.84 Å². The summed E-state index contributed by atoms with van der Waals surface area (Å²) in [6.07, 6.45) is 2.10. The zero-order valence-electron chi connectivity index (χ0n) is 13.3. The summed E-state index contributed by atoms with van der Waals surface area (Å²) in [5.41, 5.74) is 0.920. The number of sulfone groups is 1. The monoisotopic (exact) mass is 363 g/mol. The van der Waals surface area contributed by atoms with Gasteiger partial charge in [-0.05, 0) is 17.9 Å². The van der Waals surface area contributed by atoms with Crippen LogP contribution in [-0.2, 0) is 22.0 Å². The number of aromatic nitrogens is 3. The summed E-state index contributed by atoms with van der Waals surface area (Å²) in [7, 11) is -3.62. The molecule has 126 valence electrons. The summed E-state index contributed by atoms with van der Waals surface area (Å²) in [5.74, 6) is 0.152. The highest BCUT2D eigenvalue weighted by atomic mass is 32.2. The SMILES string of the molecule is CC(C)Cc1cnc2sc(S(=O)(=O)Cc3ccccc3)nn2c1=O. The van der Waals surface area contributed by atoms with Gasteiger partial charge in [0.1, 0.15) is 0 Å². The molecule has 2 aromatic heterocycles. The molecule has 0 bridgehead atoms. The fraction of sp³-hybridized carbons (Fsp3) is 0.312. The van der Waals surface area contributed by atoms with E-state index in [9.17, 15) is 13.2 Å². The molecule has 0 saturated carbocycles. The molecule has 24 heavy (non-hydrogen) atoms. The maximum Gasteiger partial charge on any atom is 0.278 e. The summed E-state index contributed by atoms with van der Waals surface area (Å²) in [5, 5.41) is 4.02. The van der Waals surface area contributed by atoms with Crippen molar-refractivity contribution in [1.29, 1.82) is 0 Å².